The minimum absolute atomic E-state index is 0.0155. The summed E-state index contributed by atoms with van der Waals surface area (Å²) in [5, 5.41) is 3.14. The van der Waals surface area contributed by atoms with Gasteiger partial charge in [0.2, 0.25) is 5.96 Å². The molecule has 0 aromatic carbocycles. The topological polar surface area (TPSA) is 100 Å². The van der Waals surface area contributed by atoms with Gasteiger partial charge in [-0.1, -0.05) is 0 Å². The molecule has 0 saturated carbocycles. The Morgan fingerprint density at radius 3 is 3.11 bits per heavy atom. The Balaban J connectivity index is 2.34. The van der Waals surface area contributed by atoms with E-state index >= 15 is 0 Å². The van der Waals surface area contributed by atoms with E-state index in [9.17, 15) is 0 Å². The van der Waals surface area contributed by atoms with Crippen LogP contribution >= 0.6 is 0 Å². The Labute approximate surface area is 107 Å². The van der Waals surface area contributed by atoms with E-state index in [0.717, 1.165) is 18.9 Å². The molecule has 1 rings (SSSR count). The van der Waals surface area contributed by atoms with Crippen LogP contribution in [0.4, 0.5) is 0 Å². The quantitative estimate of drug-likeness (QED) is 0.184. The third-order valence-electron chi connectivity index (χ3n) is 2.34. The average molecular weight is 254 g/mol. The van der Waals surface area contributed by atoms with Gasteiger partial charge in [0.25, 0.3) is 0 Å². The third kappa shape index (κ3) is 5.15. The zero-order valence-corrected chi connectivity index (χ0v) is 10.9. The summed E-state index contributed by atoms with van der Waals surface area (Å²) in [5.74, 6) is 6.80. The van der Waals surface area contributed by atoms with Gasteiger partial charge in [-0.2, -0.15) is 0 Å². The van der Waals surface area contributed by atoms with Gasteiger partial charge in [0.1, 0.15) is 5.82 Å². The number of hydrogen-bond acceptors (Lipinski definition) is 4. The number of aliphatic imine (C=N–C) groups is 1. The van der Waals surface area contributed by atoms with Crippen molar-refractivity contribution in [3.05, 3.63) is 18.2 Å². The minimum Gasteiger partial charge on any atom is -0.382 e. The fourth-order valence-electron chi connectivity index (χ4n) is 1.42. The van der Waals surface area contributed by atoms with Crippen molar-refractivity contribution in [2.24, 2.45) is 10.8 Å². The maximum Gasteiger partial charge on any atom is 0.206 e. The molecule has 1 heterocycles. The van der Waals surface area contributed by atoms with Crippen LogP contribution in [0.5, 0.6) is 0 Å². The lowest BCUT2D eigenvalue weighted by atomic mass is 10.3. The smallest absolute Gasteiger partial charge is 0.206 e. The third-order valence-corrected chi connectivity index (χ3v) is 2.34. The number of H-pyrrole nitrogens is 1. The molecule has 0 aliphatic rings. The molecule has 1 unspecified atom stereocenters. The summed E-state index contributed by atoms with van der Waals surface area (Å²) in [7, 11) is 0. The first-order valence-electron chi connectivity index (χ1n) is 6.12. The van der Waals surface area contributed by atoms with E-state index in [1.165, 1.54) is 0 Å². The van der Waals surface area contributed by atoms with Crippen molar-refractivity contribution in [3.63, 3.8) is 0 Å². The summed E-state index contributed by atoms with van der Waals surface area (Å²) in [6.45, 7) is 6.07. The highest BCUT2D eigenvalue weighted by Crippen LogP contribution is 2.04. The molecule has 0 bridgehead atoms. The Hall–Kier alpha value is -1.60. The molecule has 0 amide bonds. The number of ether oxygens (including phenoxy) is 1. The fraction of sp³-hybridized carbons (Fsp3) is 0.636. The number of nitrogens with two attached hydrogens (primary N) is 1. The number of nitrogens with zero attached hydrogens (tertiary/aromatic N) is 2. The van der Waals surface area contributed by atoms with Crippen LogP contribution in [0, 0.1) is 0 Å². The van der Waals surface area contributed by atoms with Crippen molar-refractivity contribution in [2.45, 2.75) is 26.3 Å². The van der Waals surface area contributed by atoms with Crippen LogP contribution in [0.1, 0.15) is 32.1 Å². The van der Waals surface area contributed by atoms with Crippen LogP contribution in [0.3, 0.4) is 0 Å². The number of rotatable bonds is 7. The molecule has 18 heavy (non-hydrogen) atoms. The number of guanidine groups is 1. The van der Waals surface area contributed by atoms with Crippen molar-refractivity contribution >= 4 is 5.96 Å². The predicted molar refractivity (Wildman–Crippen MR) is 70.9 cm³/mol. The van der Waals surface area contributed by atoms with Crippen LogP contribution < -0.4 is 16.6 Å². The molecule has 1 aromatic rings. The Bertz CT molecular complexity index is 337. The van der Waals surface area contributed by atoms with E-state index in [1.54, 1.807) is 12.4 Å². The molecule has 0 aliphatic heterocycles. The van der Waals surface area contributed by atoms with E-state index in [0.29, 0.717) is 19.1 Å². The van der Waals surface area contributed by atoms with E-state index < -0.39 is 0 Å². The van der Waals surface area contributed by atoms with Crippen LogP contribution in [0.25, 0.3) is 0 Å². The number of nitrogens with one attached hydrogen (secondary N) is 3. The average Bonchev–Trinajstić information content (AvgIpc) is 2.91. The van der Waals surface area contributed by atoms with E-state index in [2.05, 4.69) is 25.7 Å². The number of hydrogen-bond donors (Lipinski definition) is 4. The van der Waals surface area contributed by atoms with Crippen molar-refractivity contribution in [1.82, 2.24) is 20.7 Å². The van der Waals surface area contributed by atoms with Gasteiger partial charge in [-0.3, -0.25) is 10.4 Å². The highest BCUT2D eigenvalue weighted by Gasteiger charge is 2.08. The first-order valence-corrected chi connectivity index (χ1v) is 6.12. The standard InChI is InChI=1S/C11H22N6O/c1-3-18-8-4-5-15-11(17-12)16-9(2)10-13-6-7-14-10/h6-7,9H,3-5,8,12H2,1-2H3,(H,13,14)(H2,15,16,17). The molecule has 0 fully saturated rings. The number of aromatic amines is 1. The molecule has 7 nitrogen and oxygen atoms in total. The molecular weight excluding hydrogens is 232 g/mol. The lowest BCUT2D eigenvalue weighted by molar-refractivity contribution is 0.146. The van der Waals surface area contributed by atoms with Crippen molar-refractivity contribution in [1.29, 1.82) is 0 Å². The van der Waals surface area contributed by atoms with Crippen LogP contribution in [0.15, 0.2) is 17.4 Å². The summed E-state index contributed by atoms with van der Waals surface area (Å²) in [6.07, 6.45) is 4.36. The van der Waals surface area contributed by atoms with E-state index in [-0.39, 0.29) is 6.04 Å². The Morgan fingerprint density at radius 1 is 1.67 bits per heavy atom. The normalized spacial score (nSPS) is 13.4. The van der Waals surface area contributed by atoms with E-state index in [4.69, 9.17) is 10.6 Å². The van der Waals surface area contributed by atoms with Gasteiger partial charge in [0.15, 0.2) is 0 Å². The second-order valence-electron chi connectivity index (χ2n) is 3.77. The van der Waals surface area contributed by atoms with Gasteiger partial charge in [-0.05, 0) is 20.3 Å². The molecule has 0 spiro atoms. The summed E-state index contributed by atoms with van der Waals surface area (Å²) in [5.41, 5.74) is 2.54. The zero-order chi connectivity index (χ0) is 13.2. The van der Waals surface area contributed by atoms with Crippen molar-refractivity contribution < 1.29 is 4.74 Å². The Morgan fingerprint density at radius 2 is 2.50 bits per heavy atom. The van der Waals surface area contributed by atoms with Gasteiger partial charge >= 0.3 is 0 Å². The number of imidazole rings is 1. The molecule has 1 aromatic heterocycles. The van der Waals surface area contributed by atoms with Gasteiger partial charge in [-0.25, -0.2) is 10.8 Å². The zero-order valence-electron chi connectivity index (χ0n) is 10.9. The number of aromatic nitrogens is 2. The summed E-state index contributed by atoms with van der Waals surface area (Å²) >= 11 is 0. The maximum absolute atomic E-state index is 5.41. The van der Waals surface area contributed by atoms with Gasteiger partial charge < -0.3 is 15.0 Å². The highest BCUT2D eigenvalue weighted by molar-refractivity contribution is 5.79. The molecule has 1 atom stereocenters. The van der Waals surface area contributed by atoms with Gasteiger partial charge in [-0.15, -0.1) is 0 Å². The van der Waals surface area contributed by atoms with Crippen molar-refractivity contribution in [2.75, 3.05) is 19.8 Å². The first-order chi connectivity index (χ1) is 8.77. The second kappa shape index (κ2) is 8.48. The molecule has 7 heteroatoms. The molecule has 0 saturated heterocycles. The molecule has 0 radical (unpaired) electrons. The van der Waals surface area contributed by atoms with Crippen LogP contribution in [0.2, 0.25) is 0 Å². The van der Waals surface area contributed by atoms with Gasteiger partial charge in [0, 0.05) is 32.2 Å². The Kier molecular flexibility index (Phi) is 6.82. The lowest BCUT2D eigenvalue weighted by Crippen LogP contribution is -2.43. The summed E-state index contributed by atoms with van der Waals surface area (Å²) in [6, 6.07) is 0.0155. The van der Waals surface area contributed by atoms with Crippen LogP contribution in [-0.2, 0) is 4.74 Å². The largest absolute Gasteiger partial charge is 0.382 e. The minimum atomic E-state index is 0.0155. The molecular formula is C11H22N6O. The molecule has 5 N–H and O–H groups in total. The molecule has 0 aliphatic carbocycles. The predicted octanol–water partition coefficient (Wildman–Crippen LogP) is 0.306. The fourth-order valence-corrected chi connectivity index (χ4v) is 1.42. The summed E-state index contributed by atoms with van der Waals surface area (Å²) in [4.78, 5) is 11.5. The second-order valence-corrected chi connectivity index (χ2v) is 3.77. The van der Waals surface area contributed by atoms with Gasteiger partial charge in [0.05, 0.1) is 6.04 Å². The number of hydrazine groups is 1. The van der Waals surface area contributed by atoms with E-state index in [1.807, 2.05) is 13.8 Å². The molecule has 102 valence electrons. The maximum atomic E-state index is 5.41. The highest BCUT2D eigenvalue weighted by atomic mass is 16.5. The van der Waals surface area contributed by atoms with Crippen LogP contribution in [-0.4, -0.2) is 35.7 Å². The lowest BCUT2D eigenvalue weighted by Gasteiger charge is -2.14. The SMILES string of the molecule is CCOCCCN=C(NN)NC(C)c1ncc[nH]1. The summed E-state index contributed by atoms with van der Waals surface area (Å²) < 4.78 is 5.23. The first kappa shape index (κ1) is 14.5. The monoisotopic (exact) mass is 254 g/mol. The van der Waals surface area contributed by atoms with Crippen molar-refractivity contribution in [3.8, 4) is 0 Å².